The first-order valence-corrected chi connectivity index (χ1v) is 9.78. The zero-order chi connectivity index (χ0) is 20.5. The lowest BCUT2D eigenvalue weighted by atomic mass is 10.2. The Morgan fingerprint density at radius 2 is 1.70 bits per heavy atom. The van der Waals surface area contributed by atoms with E-state index in [0.29, 0.717) is 6.61 Å². The molecule has 0 amide bonds. The monoisotopic (exact) mass is 394 g/mol. The summed E-state index contributed by atoms with van der Waals surface area (Å²) >= 11 is 0. The zero-order valence-electron chi connectivity index (χ0n) is 16.4. The van der Waals surface area contributed by atoms with Crippen molar-refractivity contribution < 1.29 is 4.74 Å². The van der Waals surface area contributed by atoms with Crippen molar-refractivity contribution in [2.75, 3.05) is 5.73 Å². The SMILES string of the molecule is C=c1ccc(=Cc2[nH]c(-c3cc4cc(N)ccc4[nH]3)cc2OCc2ccccc2)[nH]1. The normalized spacial score (nSPS) is 11.9. The van der Waals surface area contributed by atoms with Crippen LogP contribution in [0.5, 0.6) is 5.75 Å². The minimum atomic E-state index is 0.494. The van der Waals surface area contributed by atoms with Gasteiger partial charge in [-0.3, -0.25) is 0 Å². The third kappa shape index (κ3) is 3.61. The zero-order valence-corrected chi connectivity index (χ0v) is 16.4. The van der Waals surface area contributed by atoms with Crippen LogP contribution in [-0.2, 0) is 6.61 Å². The van der Waals surface area contributed by atoms with Gasteiger partial charge in [0.05, 0.1) is 17.1 Å². The number of hydrogen-bond acceptors (Lipinski definition) is 2. The van der Waals surface area contributed by atoms with Gasteiger partial charge in [-0.25, -0.2) is 0 Å². The number of nitrogens with two attached hydrogens (primary N) is 1. The van der Waals surface area contributed by atoms with E-state index in [0.717, 1.165) is 55.7 Å². The highest BCUT2D eigenvalue weighted by Crippen LogP contribution is 2.30. The number of ether oxygens (including phenoxy) is 1. The molecule has 0 bridgehead atoms. The first-order valence-electron chi connectivity index (χ1n) is 9.78. The summed E-state index contributed by atoms with van der Waals surface area (Å²) in [7, 11) is 0. The smallest absolute Gasteiger partial charge is 0.145 e. The Morgan fingerprint density at radius 1 is 0.867 bits per heavy atom. The Kier molecular flexibility index (Phi) is 4.41. The lowest BCUT2D eigenvalue weighted by molar-refractivity contribution is 0.306. The van der Waals surface area contributed by atoms with E-state index in [9.17, 15) is 0 Å². The summed E-state index contributed by atoms with van der Waals surface area (Å²) < 4.78 is 6.17. The van der Waals surface area contributed by atoms with Crippen LogP contribution in [0.2, 0.25) is 0 Å². The number of anilines is 1. The maximum absolute atomic E-state index is 6.17. The van der Waals surface area contributed by atoms with Crippen molar-refractivity contribution in [3.05, 3.63) is 94.8 Å². The maximum Gasteiger partial charge on any atom is 0.145 e. The molecule has 5 nitrogen and oxygen atoms in total. The van der Waals surface area contributed by atoms with Gasteiger partial charge in [0.15, 0.2) is 0 Å². The maximum atomic E-state index is 6.17. The summed E-state index contributed by atoms with van der Waals surface area (Å²) in [4.78, 5) is 10.2. The van der Waals surface area contributed by atoms with E-state index in [1.165, 1.54) is 0 Å². The molecule has 0 saturated heterocycles. The second kappa shape index (κ2) is 7.37. The van der Waals surface area contributed by atoms with E-state index in [-0.39, 0.29) is 0 Å². The van der Waals surface area contributed by atoms with Crippen molar-refractivity contribution in [1.29, 1.82) is 0 Å². The van der Waals surface area contributed by atoms with Gasteiger partial charge in [-0.1, -0.05) is 36.9 Å². The van der Waals surface area contributed by atoms with Gasteiger partial charge in [0.25, 0.3) is 0 Å². The number of H-pyrrole nitrogens is 3. The quantitative estimate of drug-likeness (QED) is 0.341. The Morgan fingerprint density at radius 3 is 2.50 bits per heavy atom. The largest absolute Gasteiger partial charge is 0.487 e. The summed E-state index contributed by atoms with van der Waals surface area (Å²) in [6.45, 7) is 4.43. The van der Waals surface area contributed by atoms with E-state index in [2.05, 4.69) is 39.7 Å². The lowest BCUT2D eigenvalue weighted by Gasteiger charge is -2.05. The highest BCUT2D eigenvalue weighted by molar-refractivity contribution is 5.88. The van der Waals surface area contributed by atoms with Crippen LogP contribution in [0.1, 0.15) is 11.3 Å². The molecule has 5 aromatic rings. The number of aromatic amines is 3. The fourth-order valence-electron chi connectivity index (χ4n) is 3.55. The molecule has 0 aliphatic carbocycles. The third-order valence-electron chi connectivity index (χ3n) is 5.05. The van der Waals surface area contributed by atoms with Crippen molar-refractivity contribution in [2.24, 2.45) is 0 Å². The first-order chi connectivity index (χ1) is 14.6. The molecule has 0 radical (unpaired) electrons. The number of aromatic nitrogens is 3. The lowest BCUT2D eigenvalue weighted by Crippen LogP contribution is -2.07. The van der Waals surface area contributed by atoms with Crippen LogP contribution in [0.15, 0.2) is 72.8 Å². The van der Waals surface area contributed by atoms with E-state index >= 15 is 0 Å². The molecule has 0 fully saturated rings. The van der Waals surface area contributed by atoms with Gasteiger partial charge in [-0.05, 0) is 48.0 Å². The molecular weight excluding hydrogens is 372 g/mol. The summed E-state index contributed by atoms with van der Waals surface area (Å²) in [5.74, 6) is 0.784. The molecule has 0 aliphatic heterocycles. The van der Waals surface area contributed by atoms with E-state index < -0.39 is 0 Å². The van der Waals surface area contributed by atoms with E-state index in [1.54, 1.807) is 0 Å². The van der Waals surface area contributed by atoms with Gasteiger partial charge in [-0.15, -0.1) is 0 Å². The second-order valence-electron chi connectivity index (χ2n) is 7.35. The number of nitrogen functional groups attached to an aromatic ring is 1. The molecule has 148 valence electrons. The molecule has 3 heterocycles. The van der Waals surface area contributed by atoms with Crippen molar-refractivity contribution in [1.82, 2.24) is 15.0 Å². The molecule has 30 heavy (non-hydrogen) atoms. The average molecular weight is 394 g/mol. The highest BCUT2D eigenvalue weighted by Gasteiger charge is 2.12. The predicted octanol–water partition coefficient (Wildman–Crippen LogP) is 3.89. The third-order valence-corrected chi connectivity index (χ3v) is 5.05. The first kappa shape index (κ1) is 17.9. The van der Waals surface area contributed by atoms with Crippen LogP contribution >= 0.6 is 0 Å². The van der Waals surface area contributed by atoms with Crippen LogP contribution in [0.4, 0.5) is 5.69 Å². The molecule has 5 heteroatoms. The highest BCUT2D eigenvalue weighted by atomic mass is 16.5. The standard InChI is InChI=1S/C25H22N4O/c1-16-7-9-20(27-16)13-24-25(30-15-17-5-3-2-4-6-17)14-23(29-24)22-12-18-11-19(26)8-10-21(18)28-22/h2-14,27-29H,1,15,26H2. The van der Waals surface area contributed by atoms with Crippen molar-refractivity contribution in [2.45, 2.75) is 6.61 Å². The summed E-state index contributed by atoms with van der Waals surface area (Å²) in [6, 6.07) is 24.0. The Bertz CT molecular complexity index is 1420. The summed E-state index contributed by atoms with van der Waals surface area (Å²) in [6.07, 6.45) is 2.03. The van der Waals surface area contributed by atoms with Crippen LogP contribution in [-0.4, -0.2) is 15.0 Å². The number of benzene rings is 2. The summed E-state index contributed by atoms with van der Waals surface area (Å²) in [5, 5.41) is 2.90. The van der Waals surface area contributed by atoms with Crippen molar-refractivity contribution in [3.63, 3.8) is 0 Å². The Hall–Kier alpha value is -4.12. The molecule has 5 rings (SSSR count). The molecule has 0 spiro atoms. The molecule has 0 atom stereocenters. The minimum absolute atomic E-state index is 0.494. The van der Waals surface area contributed by atoms with Crippen molar-refractivity contribution in [3.8, 4) is 17.1 Å². The minimum Gasteiger partial charge on any atom is -0.487 e. The van der Waals surface area contributed by atoms with Gasteiger partial charge in [0.1, 0.15) is 12.4 Å². The molecular formula is C25H22N4O. The number of hydrogen-bond donors (Lipinski definition) is 4. The van der Waals surface area contributed by atoms with E-state index in [4.69, 9.17) is 10.5 Å². The van der Waals surface area contributed by atoms with Crippen LogP contribution in [0.3, 0.4) is 0 Å². The van der Waals surface area contributed by atoms with Gasteiger partial charge in [0.2, 0.25) is 0 Å². The molecule has 3 aromatic heterocycles. The molecule has 0 aliphatic rings. The van der Waals surface area contributed by atoms with E-state index in [1.807, 2.05) is 60.7 Å². The predicted molar refractivity (Wildman–Crippen MR) is 122 cm³/mol. The molecule has 2 aromatic carbocycles. The van der Waals surface area contributed by atoms with Crippen LogP contribution in [0, 0.1) is 0 Å². The molecule has 5 N–H and O–H groups in total. The van der Waals surface area contributed by atoms with Gasteiger partial charge < -0.3 is 25.4 Å². The van der Waals surface area contributed by atoms with Crippen molar-refractivity contribution >= 4 is 29.2 Å². The summed E-state index contributed by atoms with van der Waals surface area (Å²) in [5.41, 5.74) is 11.6. The molecule has 0 unspecified atom stereocenters. The number of nitrogens with one attached hydrogen (secondary N) is 3. The Labute approximate surface area is 173 Å². The fourth-order valence-corrected chi connectivity index (χ4v) is 3.55. The fraction of sp³-hybridized carbons (Fsp3) is 0.0400. The van der Waals surface area contributed by atoms with Crippen LogP contribution in [0.25, 0.3) is 34.9 Å². The Balaban J connectivity index is 1.55. The van der Waals surface area contributed by atoms with Gasteiger partial charge in [0, 0.05) is 33.4 Å². The number of fused-ring (bicyclic) bond motifs is 1. The van der Waals surface area contributed by atoms with Crippen LogP contribution < -0.4 is 21.2 Å². The molecule has 0 saturated carbocycles. The second-order valence-corrected chi connectivity index (χ2v) is 7.35. The average Bonchev–Trinajstić information content (AvgIpc) is 3.45. The van der Waals surface area contributed by atoms with Gasteiger partial charge >= 0.3 is 0 Å². The number of rotatable bonds is 5. The topological polar surface area (TPSA) is 82.6 Å². The van der Waals surface area contributed by atoms with Gasteiger partial charge in [-0.2, -0.15) is 0 Å².